The lowest BCUT2D eigenvalue weighted by atomic mass is 10.1. The molecule has 3 rings (SSSR count). The highest BCUT2D eigenvalue weighted by Crippen LogP contribution is 2.35. The number of benzene rings is 3. The van der Waals surface area contributed by atoms with Crippen LogP contribution in [0.25, 0.3) is 0 Å². The second-order valence-electron chi connectivity index (χ2n) is 5.28. The summed E-state index contributed by atoms with van der Waals surface area (Å²) in [7, 11) is 0. The van der Waals surface area contributed by atoms with Gasteiger partial charge in [-0.2, -0.15) is 0 Å². The summed E-state index contributed by atoms with van der Waals surface area (Å²) in [4.78, 5) is 2.17. The van der Waals surface area contributed by atoms with Crippen LogP contribution in [0.5, 0.6) is 0 Å². The Morgan fingerprint density at radius 3 is 1.78 bits per heavy atom. The minimum Gasteiger partial charge on any atom is -0.384 e. The van der Waals surface area contributed by atoms with E-state index in [-0.39, 0.29) is 0 Å². The second kappa shape index (κ2) is 6.95. The molecular weight excluding hydrogens is 282 g/mol. The van der Waals surface area contributed by atoms with Crippen LogP contribution in [-0.4, -0.2) is 5.11 Å². The molecule has 1 unspecified atom stereocenters. The summed E-state index contributed by atoms with van der Waals surface area (Å²) in [5, 5.41) is 10.0. The van der Waals surface area contributed by atoms with E-state index in [0.29, 0.717) is 0 Å². The maximum atomic E-state index is 10.0. The first kappa shape index (κ1) is 15.1. The number of nitrogens with zero attached hydrogens (tertiary/aromatic N) is 1. The maximum Gasteiger partial charge on any atom is 0.0969 e. The number of aliphatic hydroxyl groups excluding tert-OH is 1. The minimum absolute atomic E-state index is 0.664. The lowest BCUT2D eigenvalue weighted by Gasteiger charge is -2.26. The Hall–Kier alpha value is -2.84. The van der Waals surface area contributed by atoms with Crippen molar-refractivity contribution < 1.29 is 5.11 Å². The molecule has 0 aliphatic rings. The highest BCUT2D eigenvalue weighted by molar-refractivity contribution is 5.76. The molecule has 0 saturated heterocycles. The topological polar surface area (TPSA) is 23.5 Å². The first-order valence-electron chi connectivity index (χ1n) is 7.60. The predicted molar refractivity (Wildman–Crippen MR) is 96.3 cm³/mol. The number of hydrogen-bond donors (Lipinski definition) is 1. The van der Waals surface area contributed by atoms with Gasteiger partial charge in [-0.05, 0) is 42.0 Å². The van der Waals surface area contributed by atoms with Gasteiger partial charge in [-0.15, -0.1) is 6.58 Å². The van der Waals surface area contributed by atoms with E-state index in [0.717, 1.165) is 22.6 Å². The van der Waals surface area contributed by atoms with Crippen molar-refractivity contribution in [2.75, 3.05) is 4.90 Å². The predicted octanol–water partition coefficient (Wildman–Crippen LogP) is 5.38. The number of para-hydroxylation sites is 2. The molecular formula is C21H19NO. The van der Waals surface area contributed by atoms with Gasteiger partial charge in [-0.3, -0.25) is 0 Å². The summed E-state index contributed by atoms with van der Waals surface area (Å²) >= 11 is 0. The molecule has 0 amide bonds. The highest BCUT2D eigenvalue weighted by Gasteiger charge is 2.13. The van der Waals surface area contributed by atoms with Crippen molar-refractivity contribution in [3.63, 3.8) is 0 Å². The van der Waals surface area contributed by atoms with Crippen molar-refractivity contribution >= 4 is 17.1 Å². The van der Waals surface area contributed by atoms with Crippen LogP contribution >= 0.6 is 0 Å². The monoisotopic (exact) mass is 301 g/mol. The maximum absolute atomic E-state index is 10.0. The summed E-state index contributed by atoms with van der Waals surface area (Å²) in [5.74, 6) is 0. The molecule has 0 radical (unpaired) electrons. The lowest BCUT2D eigenvalue weighted by Crippen LogP contribution is -2.10. The molecule has 23 heavy (non-hydrogen) atoms. The molecule has 1 atom stereocenters. The molecule has 0 fully saturated rings. The number of hydrogen-bond acceptors (Lipinski definition) is 2. The molecule has 0 saturated carbocycles. The third-order valence-electron chi connectivity index (χ3n) is 3.72. The van der Waals surface area contributed by atoms with Gasteiger partial charge in [0.15, 0.2) is 0 Å². The molecule has 1 N–H and O–H groups in total. The van der Waals surface area contributed by atoms with E-state index in [1.807, 2.05) is 60.7 Å². The van der Waals surface area contributed by atoms with Crippen molar-refractivity contribution in [3.8, 4) is 0 Å². The Balaban J connectivity index is 2.11. The van der Waals surface area contributed by atoms with Gasteiger partial charge in [0.2, 0.25) is 0 Å². The van der Waals surface area contributed by atoms with Crippen molar-refractivity contribution in [2.45, 2.75) is 6.10 Å². The molecule has 0 aromatic heterocycles. The molecule has 2 heteroatoms. The van der Waals surface area contributed by atoms with E-state index in [4.69, 9.17) is 0 Å². The third kappa shape index (κ3) is 3.33. The molecule has 0 spiro atoms. The molecule has 3 aromatic carbocycles. The fourth-order valence-corrected chi connectivity index (χ4v) is 2.59. The minimum atomic E-state index is -0.664. The van der Waals surface area contributed by atoms with E-state index < -0.39 is 6.10 Å². The van der Waals surface area contributed by atoms with Gasteiger partial charge in [0, 0.05) is 17.1 Å². The quantitative estimate of drug-likeness (QED) is 0.640. The SMILES string of the molecule is C=CC(O)c1cccc(N(c2ccccc2)c2ccccc2)c1. The number of rotatable bonds is 5. The zero-order valence-corrected chi connectivity index (χ0v) is 12.8. The van der Waals surface area contributed by atoms with E-state index in [1.54, 1.807) is 0 Å². The lowest BCUT2D eigenvalue weighted by molar-refractivity contribution is 0.229. The average Bonchev–Trinajstić information content (AvgIpc) is 2.63. The van der Waals surface area contributed by atoms with Crippen LogP contribution in [0.15, 0.2) is 97.6 Å². The van der Waals surface area contributed by atoms with Gasteiger partial charge >= 0.3 is 0 Å². The van der Waals surface area contributed by atoms with E-state index in [9.17, 15) is 5.11 Å². The zero-order valence-electron chi connectivity index (χ0n) is 12.8. The fourth-order valence-electron chi connectivity index (χ4n) is 2.59. The van der Waals surface area contributed by atoms with Crippen LogP contribution < -0.4 is 4.90 Å². The van der Waals surface area contributed by atoms with Crippen LogP contribution in [0, 0.1) is 0 Å². The van der Waals surface area contributed by atoms with Crippen molar-refractivity contribution in [3.05, 3.63) is 103 Å². The average molecular weight is 301 g/mol. The van der Waals surface area contributed by atoms with Crippen LogP contribution in [0.2, 0.25) is 0 Å². The van der Waals surface area contributed by atoms with Gasteiger partial charge in [0.1, 0.15) is 0 Å². The summed E-state index contributed by atoms with van der Waals surface area (Å²) in [5.41, 5.74) is 3.98. The molecule has 0 aliphatic carbocycles. The highest BCUT2D eigenvalue weighted by atomic mass is 16.3. The summed E-state index contributed by atoms with van der Waals surface area (Å²) in [6, 6.07) is 28.3. The van der Waals surface area contributed by atoms with E-state index >= 15 is 0 Å². The number of aliphatic hydroxyl groups is 1. The van der Waals surface area contributed by atoms with Gasteiger partial charge in [0.25, 0.3) is 0 Å². The fraction of sp³-hybridized carbons (Fsp3) is 0.0476. The van der Waals surface area contributed by atoms with Crippen LogP contribution in [0.4, 0.5) is 17.1 Å². The van der Waals surface area contributed by atoms with Gasteiger partial charge in [-0.25, -0.2) is 0 Å². The molecule has 0 aliphatic heterocycles. The van der Waals surface area contributed by atoms with Crippen LogP contribution in [0.3, 0.4) is 0 Å². The van der Waals surface area contributed by atoms with Crippen LogP contribution in [0.1, 0.15) is 11.7 Å². The summed E-state index contributed by atoms with van der Waals surface area (Å²) < 4.78 is 0. The van der Waals surface area contributed by atoms with Crippen molar-refractivity contribution in [1.29, 1.82) is 0 Å². The third-order valence-corrected chi connectivity index (χ3v) is 3.72. The Labute approximate surface area is 137 Å². The normalized spacial score (nSPS) is 11.7. The Morgan fingerprint density at radius 1 is 0.739 bits per heavy atom. The molecule has 0 bridgehead atoms. The van der Waals surface area contributed by atoms with Gasteiger partial charge in [0.05, 0.1) is 6.10 Å². The molecule has 0 heterocycles. The summed E-state index contributed by atoms with van der Waals surface area (Å²) in [6.45, 7) is 3.66. The molecule has 2 nitrogen and oxygen atoms in total. The standard InChI is InChI=1S/C21H19NO/c1-2-21(23)17-10-9-15-20(16-17)22(18-11-5-3-6-12-18)19-13-7-4-8-14-19/h2-16,21,23H,1H2. The number of anilines is 3. The van der Waals surface area contributed by atoms with Crippen molar-refractivity contribution in [2.24, 2.45) is 0 Å². The first-order valence-corrected chi connectivity index (χ1v) is 7.60. The first-order chi connectivity index (χ1) is 11.3. The van der Waals surface area contributed by atoms with Gasteiger partial charge in [-0.1, -0.05) is 54.6 Å². The second-order valence-corrected chi connectivity index (χ2v) is 5.28. The smallest absolute Gasteiger partial charge is 0.0969 e. The molecule has 114 valence electrons. The summed E-state index contributed by atoms with van der Waals surface area (Å²) in [6.07, 6.45) is 0.873. The zero-order chi connectivity index (χ0) is 16.1. The Morgan fingerprint density at radius 2 is 1.26 bits per heavy atom. The Kier molecular flexibility index (Phi) is 4.55. The largest absolute Gasteiger partial charge is 0.384 e. The van der Waals surface area contributed by atoms with E-state index in [1.165, 1.54) is 6.08 Å². The molecule has 3 aromatic rings. The Bertz CT molecular complexity index is 729. The van der Waals surface area contributed by atoms with Crippen molar-refractivity contribution in [1.82, 2.24) is 0 Å². The van der Waals surface area contributed by atoms with Gasteiger partial charge < -0.3 is 10.0 Å². The van der Waals surface area contributed by atoms with E-state index in [2.05, 4.69) is 35.7 Å². The van der Waals surface area contributed by atoms with Crippen LogP contribution in [-0.2, 0) is 0 Å².